The number of fused-ring (bicyclic) bond motifs is 1. The van der Waals surface area contributed by atoms with E-state index in [0.29, 0.717) is 11.8 Å². The smallest absolute Gasteiger partial charge is 0.404 e. The van der Waals surface area contributed by atoms with Gasteiger partial charge in [0.15, 0.2) is 12.5 Å². The standard InChI is InChI=1S/C17H16FN2O9PS/c18-17(8-27-30(25)26-7-9-3-1-2-4-11(9)29-30)13(23)12(22)15(28-17)20-5-10(6-21)14(31)19-16(20)24/h1-6,12-13,15,22-23H,7-8H2,(H,19,24,31)/t12-,13+,15-,17-,30?/m1/s1/i8D2,15D. The largest absolute Gasteiger partial charge is 0.530 e. The van der Waals surface area contributed by atoms with Crippen molar-refractivity contribution in [3.05, 3.63) is 56.7 Å². The average molecular weight is 477 g/mol. The molecular weight excluding hydrogens is 458 g/mol. The zero-order valence-electron chi connectivity index (χ0n) is 18.3. The summed E-state index contributed by atoms with van der Waals surface area (Å²) in [6.07, 6.45) is -7.81. The van der Waals surface area contributed by atoms with E-state index in [1.54, 1.807) is 12.1 Å². The van der Waals surface area contributed by atoms with Crippen molar-refractivity contribution in [2.45, 2.75) is 30.9 Å². The Morgan fingerprint density at radius 1 is 1.52 bits per heavy atom. The molecule has 1 saturated heterocycles. The van der Waals surface area contributed by atoms with Gasteiger partial charge in [-0.1, -0.05) is 30.4 Å². The molecule has 3 heterocycles. The second-order valence-corrected chi connectivity index (χ2v) is 8.35. The molecule has 0 aliphatic carbocycles. The molecule has 1 unspecified atom stereocenters. The number of hydrogen-bond donors (Lipinski definition) is 3. The summed E-state index contributed by atoms with van der Waals surface area (Å²) in [5.41, 5.74) is -1.15. The molecule has 0 amide bonds. The van der Waals surface area contributed by atoms with Gasteiger partial charge >= 0.3 is 13.5 Å². The van der Waals surface area contributed by atoms with Gasteiger partial charge in [-0.15, -0.1) is 0 Å². The van der Waals surface area contributed by atoms with Crippen LogP contribution in [0.1, 0.15) is 26.2 Å². The highest BCUT2D eigenvalue weighted by Gasteiger charge is 2.57. The van der Waals surface area contributed by atoms with E-state index in [1.807, 2.05) is 4.98 Å². The number of nitrogens with one attached hydrogen (secondary N) is 1. The SMILES string of the molecule is [2H]C([2H])(OP1(=O)OCc2ccccc2O1)[C@@]1(F)O[C@@]([2H])(n2cc(C=O)c(=S)[nH]c2=O)[C@H](O)[C@@H]1O. The quantitative estimate of drug-likeness (QED) is 0.327. The number of H-pyrrole nitrogens is 1. The van der Waals surface area contributed by atoms with E-state index in [1.165, 1.54) is 12.1 Å². The number of halogens is 1. The minimum atomic E-state index is -4.83. The summed E-state index contributed by atoms with van der Waals surface area (Å²) in [6, 6.07) is 6.09. The molecule has 0 spiro atoms. The van der Waals surface area contributed by atoms with Crippen molar-refractivity contribution in [1.82, 2.24) is 9.55 Å². The zero-order valence-corrected chi connectivity index (χ0v) is 17.0. The van der Waals surface area contributed by atoms with Gasteiger partial charge in [-0.25, -0.2) is 13.8 Å². The number of carbonyl (C=O) groups excluding carboxylic acids is 1. The second-order valence-electron chi connectivity index (χ2n) is 6.42. The fourth-order valence-corrected chi connectivity index (χ4v) is 4.07. The summed E-state index contributed by atoms with van der Waals surface area (Å²) in [5.74, 6) is -4.07. The van der Waals surface area contributed by atoms with E-state index in [-0.39, 0.29) is 33.4 Å². The molecule has 0 radical (unpaired) electrons. The Morgan fingerprint density at radius 2 is 2.26 bits per heavy atom. The number of phosphoric ester groups is 1. The van der Waals surface area contributed by atoms with Crippen molar-refractivity contribution in [3.63, 3.8) is 0 Å². The number of aliphatic hydroxyl groups is 2. The molecule has 2 aliphatic heterocycles. The molecular formula is C17H16FN2O9PS. The normalized spacial score (nSPS) is 36.5. The number of hydrogen-bond acceptors (Lipinski definition) is 10. The van der Waals surface area contributed by atoms with Gasteiger partial charge in [-0.2, -0.15) is 0 Å². The molecule has 1 aromatic carbocycles. The Balaban J connectivity index is 1.69. The molecule has 3 N–H and O–H groups in total. The van der Waals surface area contributed by atoms with Gasteiger partial charge in [0.1, 0.15) is 29.2 Å². The molecule has 1 aromatic heterocycles. The Hall–Kier alpha value is -2.25. The van der Waals surface area contributed by atoms with Crippen LogP contribution in [0.2, 0.25) is 0 Å². The van der Waals surface area contributed by atoms with Crippen LogP contribution >= 0.6 is 20.0 Å². The highest BCUT2D eigenvalue weighted by atomic mass is 32.1. The van der Waals surface area contributed by atoms with Crippen LogP contribution in [0.3, 0.4) is 0 Å². The third-order valence-corrected chi connectivity index (χ3v) is 5.90. The topological polar surface area (TPSA) is 149 Å². The fraction of sp³-hybridized carbons (Fsp3) is 0.353. The van der Waals surface area contributed by atoms with Crippen LogP contribution in [0.25, 0.3) is 0 Å². The first kappa shape index (κ1) is 18.3. The van der Waals surface area contributed by atoms with Crippen molar-refractivity contribution in [3.8, 4) is 5.75 Å². The Morgan fingerprint density at radius 3 is 3.00 bits per heavy atom. The van der Waals surface area contributed by atoms with Gasteiger partial charge < -0.3 is 19.5 Å². The van der Waals surface area contributed by atoms with Crippen molar-refractivity contribution < 1.29 is 46.4 Å². The van der Waals surface area contributed by atoms with Crippen molar-refractivity contribution in [2.75, 3.05) is 6.56 Å². The second kappa shape index (κ2) is 8.02. The summed E-state index contributed by atoms with van der Waals surface area (Å²) in [7, 11) is -4.83. The first-order valence-corrected chi connectivity index (χ1v) is 10.4. The summed E-state index contributed by atoms with van der Waals surface area (Å²) < 4.78 is 72.3. The van der Waals surface area contributed by atoms with Crippen LogP contribution < -0.4 is 10.2 Å². The van der Waals surface area contributed by atoms with E-state index in [2.05, 4.69) is 4.52 Å². The molecule has 31 heavy (non-hydrogen) atoms. The zero-order chi connectivity index (χ0) is 25.1. The number of carbonyl (C=O) groups is 1. The molecule has 2 aromatic rings. The van der Waals surface area contributed by atoms with Gasteiger partial charge in [-0.05, 0) is 6.07 Å². The summed E-state index contributed by atoms with van der Waals surface area (Å²) >= 11 is 4.77. The number of aliphatic hydroxyl groups excluding tert-OH is 2. The van der Waals surface area contributed by atoms with E-state index < -0.39 is 44.3 Å². The lowest BCUT2D eigenvalue weighted by Crippen LogP contribution is -2.43. The molecule has 5 atom stereocenters. The number of alkyl halides is 1. The molecule has 166 valence electrons. The molecule has 11 nitrogen and oxygen atoms in total. The first-order chi connectivity index (χ1) is 15.8. The predicted molar refractivity (Wildman–Crippen MR) is 103 cm³/mol. The van der Waals surface area contributed by atoms with Crippen LogP contribution in [-0.2, 0) is 25.0 Å². The summed E-state index contributed by atoms with van der Waals surface area (Å²) in [4.78, 5) is 25.5. The number of aldehydes is 1. The maximum Gasteiger partial charge on any atom is 0.530 e. The number of benzene rings is 1. The van der Waals surface area contributed by atoms with Crippen LogP contribution in [-0.4, -0.2) is 50.7 Å². The number of para-hydroxylation sites is 1. The monoisotopic (exact) mass is 477 g/mol. The van der Waals surface area contributed by atoms with E-state index >= 15 is 4.39 Å². The molecule has 1 fully saturated rings. The van der Waals surface area contributed by atoms with Crippen molar-refractivity contribution >= 4 is 26.3 Å². The molecule has 0 bridgehead atoms. The maximum absolute atomic E-state index is 15.8. The van der Waals surface area contributed by atoms with Crippen LogP contribution in [0.5, 0.6) is 5.75 Å². The lowest BCUT2D eigenvalue weighted by atomic mass is 10.1. The maximum atomic E-state index is 15.8. The van der Waals surface area contributed by atoms with Gasteiger partial charge in [0, 0.05) is 11.8 Å². The molecule has 0 saturated carbocycles. The third kappa shape index (κ3) is 4.01. The Kier molecular flexibility index (Phi) is 4.74. The minimum absolute atomic E-state index is 0.0102. The number of aromatic nitrogens is 2. The fourth-order valence-electron chi connectivity index (χ4n) is 2.79. The number of nitrogens with zero attached hydrogens (tertiary/aromatic N) is 1. The lowest BCUT2D eigenvalue weighted by Gasteiger charge is -2.28. The minimum Gasteiger partial charge on any atom is -0.404 e. The highest BCUT2D eigenvalue weighted by molar-refractivity contribution is 7.71. The Labute approximate surface area is 182 Å². The van der Waals surface area contributed by atoms with E-state index in [0.717, 1.165) is 0 Å². The third-order valence-electron chi connectivity index (χ3n) is 4.38. The van der Waals surface area contributed by atoms with Crippen LogP contribution in [0.4, 0.5) is 4.39 Å². The number of ether oxygens (including phenoxy) is 1. The number of rotatable bonds is 5. The summed E-state index contributed by atoms with van der Waals surface area (Å²) in [5, 5.41) is 20.7. The van der Waals surface area contributed by atoms with Gasteiger partial charge in [-0.3, -0.25) is 23.4 Å². The average Bonchev–Trinajstić information content (AvgIpc) is 2.94. The van der Waals surface area contributed by atoms with E-state index in [4.69, 9.17) is 30.1 Å². The predicted octanol–water partition coefficient (Wildman–Crippen LogP) is 1.37. The molecule has 14 heteroatoms. The first-order valence-electron chi connectivity index (χ1n) is 10.1. The van der Waals surface area contributed by atoms with Gasteiger partial charge in [0.2, 0.25) is 0 Å². The molecule has 2 aliphatic rings. The Bertz CT molecular complexity index is 1330. The van der Waals surface area contributed by atoms with Crippen LogP contribution in [0.15, 0.2) is 35.3 Å². The highest BCUT2D eigenvalue weighted by Crippen LogP contribution is 2.55. The van der Waals surface area contributed by atoms with Gasteiger partial charge in [0.05, 0.1) is 16.3 Å². The van der Waals surface area contributed by atoms with Crippen LogP contribution in [0, 0.1) is 4.64 Å². The number of phosphoric acid groups is 1. The number of aromatic amines is 1. The lowest BCUT2D eigenvalue weighted by molar-refractivity contribution is -0.205. The van der Waals surface area contributed by atoms with Crippen molar-refractivity contribution in [1.29, 1.82) is 0 Å². The van der Waals surface area contributed by atoms with Crippen molar-refractivity contribution in [2.24, 2.45) is 0 Å². The summed E-state index contributed by atoms with van der Waals surface area (Å²) in [6.45, 7) is -4.21. The van der Waals surface area contributed by atoms with E-state index in [9.17, 15) is 24.4 Å². The van der Waals surface area contributed by atoms with Gasteiger partial charge in [0.25, 0.3) is 5.85 Å². The molecule has 4 rings (SSSR count).